The maximum Gasteiger partial charge on any atom is 0.319 e. The van der Waals surface area contributed by atoms with E-state index in [0.29, 0.717) is 12.8 Å². The summed E-state index contributed by atoms with van der Waals surface area (Å²) in [7, 11) is -2.89. The first-order valence-corrected chi connectivity index (χ1v) is 10.8. The number of hydrogen-bond acceptors (Lipinski definition) is 5. The van der Waals surface area contributed by atoms with E-state index in [2.05, 4.69) is 23.7 Å². The topological polar surface area (TPSA) is 69.7 Å². The van der Waals surface area contributed by atoms with Crippen molar-refractivity contribution < 1.29 is 23.2 Å². The van der Waals surface area contributed by atoms with Crippen molar-refractivity contribution in [3.05, 3.63) is 71.8 Å². The molecule has 0 aliphatic rings. The summed E-state index contributed by atoms with van der Waals surface area (Å²) in [6, 6.07) is 18.9. The first-order chi connectivity index (χ1) is 14.6. The fraction of sp³-hybridized carbons (Fsp3) is 0.250. The summed E-state index contributed by atoms with van der Waals surface area (Å²) in [5, 5.41) is 0. The highest BCUT2D eigenvalue weighted by Gasteiger charge is 2.08. The lowest BCUT2D eigenvalue weighted by molar-refractivity contribution is -0.121. The average molecular weight is 422 g/mol. The lowest BCUT2D eigenvalue weighted by Gasteiger charge is -2.04. The molecule has 0 saturated carbocycles. The van der Waals surface area contributed by atoms with E-state index in [1.807, 2.05) is 60.7 Å². The number of benzene rings is 2. The Morgan fingerprint density at radius 1 is 0.700 bits per heavy atom. The lowest BCUT2D eigenvalue weighted by atomic mass is 10.2. The molecule has 0 bridgehead atoms. The van der Waals surface area contributed by atoms with Crippen LogP contribution >= 0.6 is 8.25 Å². The number of hydrogen-bond donors (Lipinski definition) is 0. The van der Waals surface area contributed by atoms with Crippen LogP contribution in [0, 0.1) is 23.7 Å². The van der Waals surface area contributed by atoms with Crippen molar-refractivity contribution in [1.29, 1.82) is 0 Å². The molecular weight excluding hydrogens is 399 g/mol. The van der Waals surface area contributed by atoms with Gasteiger partial charge in [0.15, 0.2) is 11.6 Å². The van der Waals surface area contributed by atoms with E-state index in [9.17, 15) is 14.2 Å². The van der Waals surface area contributed by atoms with E-state index in [4.69, 9.17) is 9.05 Å². The minimum absolute atomic E-state index is 0.202. The molecule has 0 unspecified atom stereocenters. The third-order valence-corrected chi connectivity index (χ3v) is 4.53. The number of carbonyl (C=O) groups excluding carboxylic acids is 2. The molecule has 6 heteroatoms. The summed E-state index contributed by atoms with van der Waals surface area (Å²) in [4.78, 5) is 23.5. The van der Waals surface area contributed by atoms with Gasteiger partial charge in [-0.3, -0.25) is 14.2 Å². The summed E-state index contributed by atoms with van der Waals surface area (Å²) in [5.74, 6) is 11.3. The quantitative estimate of drug-likeness (QED) is 0.424. The van der Waals surface area contributed by atoms with Crippen molar-refractivity contribution in [1.82, 2.24) is 0 Å². The SMILES string of the molecule is O=C(CCC#Cc1ccccc1)CO[PH](=O)OCC(=O)CCC#Cc1ccccc1. The molecule has 2 rings (SSSR count). The highest BCUT2D eigenvalue weighted by atomic mass is 31.1. The van der Waals surface area contributed by atoms with Crippen LogP contribution in [-0.2, 0) is 23.2 Å². The molecule has 0 aliphatic heterocycles. The molecule has 5 nitrogen and oxygen atoms in total. The van der Waals surface area contributed by atoms with Crippen molar-refractivity contribution >= 4 is 19.8 Å². The third-order valence-electron chi connectivity index (χ3n) is 3.77. The first kappa shape index (κ1) is 23.3. The smallest absolute Gasteiger partial charge is 0.303 e. The monoisotopic (exact) mass is 422 g/mol. The van der Waals surface area contributed by atoms with Gasteiger partial charge in [0.2, 0.25) is 0 Å². The van der Waals surface area contributed by atoms with E-state index < -0.39 is 8.25 Å². The van der Waals surface area contributed by atoms with Crippen molar-refractivity contribution in [3.63, 3.8) is 0 Å². The van der Waals surface area contributed by atoms with Crippen LogP contribution < -0.4 is 0 Å². The summed E-state index contributed by atoms with van der Waals surface area (Å²) in [6.45, 7) is -0.636. The Labute approximate surface area is 177 Å². The molecule has 0 heterocycles. The van der Waals surface area contributed by atoms with Gasteiger partial charge in [-0.05, 0) is 24.3 Å². The summed E-state index contributed by atoms with van der Waals surface area (Å²) < 4.78 is 21.5. The molecule has 0 fully saturated rings. The lowest BCUT2D eigenvalue weighted by Crippen LogP contribution is -2.08. The fourth-order valence-electron chi connectivity index (χ4n) is 2.24. The Balaban J connectivity index is 1.55. The van der Waals surface area contributed by atoms with Crippen LogP contribution in [0.4, 0.5) is 0 Å². The van der Waals surface area contributed by atoms with Crippen LogP contribution in [0.2, 0.25) is 0 Å². The summed E-state index contributed by atoms with van der Waals surface area (Å²) in [6.07, 6.45) is 1.19. The molecular formula is C24H23O5P. The molecule has 154 valence electrons. The Morgan fingerprint density at radius 2 is 1.10 bits per heavy atom. The zero-order chi connectivity index (χ0) is 21.4. The molecule has 0 atom stereocenters. The Bertz CT molecular complexity index is 883. The number of ketones is 2. The Hall–Kier alpha value is -2.95. The normalized spacial score (nSPS) is 9.90. The molecule has 2 aromatic carbocycles. The van der Waals surface area contributed by atoms with Gasteiger partial charge in [-0.1, -0.05) is 60.1 Å². The van der Waals surface area contributed by atoms with E-state index in [-0.39, 0.29) is 37.6 Å². The fourth-order valence-corrected chi connectivity index (χ4v) is 2.88. The van der Waals surface area contributed by atoms with Gasteiger partial charge >= 0.3 is 8.25 Å². The minimum Gasteiger partial charge on any atom is -0.303 e. The zero-order valence-electron chi connectivity index (χ0n) is 16.6. The van der Waals surface area contributed by atoms with Crippen LogP contribution in [0.1, 0.15) is 36.8 Å². The van der Waals surface area contributed by atoms with Crippen molar-refractivity contribution in [2.24, 2.45) is 0 Å². The molecule has 0 spiro atoms. The molecule has 0 aromatic heterocycles. The number of Topliss-reactive ketones (excluding diaryl/α,β-unsaturated/α-hetero) is 2. The number of rotatable bonds is 10. The van der Waals surface area contributed by atoms with Gasteiger partial charge in [0.1, 0.15) is 13.2 Å². The van der Waals surface area contributed by atoms with Gasteiger partial charge in [0.05, 0.1) is 0 Å². The molecule has 0 amide bonds. The van der Waals surface area contributed by atoms with Crippen LogP contribution in [0.15, 0.2) is 60.7 Å². The first-order valence-electron chi connectivity index (χ1n) is 9.54. The van der Waals surface area contributed by atoms with Crippen LogP contribution in [0.3, 0.4) is 0 Å². The van der Waals surface area contributed by atoms with E-state index in [1.54, 1.807) is 0 Å². The highest BCUT2D eigenvalue weighted by molar-refractivity contribution is 7.33. The zero-order valence-corrected chi connectivity index (χ0v) is 17.6. The van der Waals surface area contributed by atoms with Gasteiger partial charge in [0, 0.05) is 36.8 Å². The van der Waals surface area contributed by atoms with E-state index in [0.717, 1.165) is 11.1 Å². The van der Waals surface area contributed by atoms with Crippen molar-refractivity contribution in [2.45, 2.75) is 25.7 Å². The molecule has 30 heavy (non-hydrogen) atoms. The van der Waals surface area contributed by atoms with Gasteiger partial charge in [0.25, 0.3) is 0 Å². The molecule has 0 N–H and O–H groups in total. The largest absolute Gasteiger partial charge is 0.319 e. The van der Waals surface area contributed by atoms with Crippen molar-refractivity contribution in [3.8, 4) is 23.7 Å². The summed E-state index contributed by atoms with van der Waals surface area (Å²) >= 11 is 0. The Morgan fingerprint density at radius 3 is 1.50 bits per heavy atom. The second-order valence-corrected chi connectivity index (χ2v) is 7.32. The van der Waals surface area contributed by atoms with Gasteiger partial charge in [-0.25, -0.2) is 0 Å². The highest BCUT2D eigenvalue weighted by Crippen LogP contribution is 2.23. The summed E-state index contributed by atoms with van der Waals surface area (Å²) in [5.41, 5.74) is 1.77. The molecule has 0 saturated heterocycles. The van der Waals surface area contributed by atoms with Gasteiger partial charge in [-0.15, -0.1) is 0 Å². The van der Waals surface area contributed by atoms with Crippen LogP contribution in [0.5, 0.6) is 0 Å². The predicted molar refractivity (Wildman–Crippen MR) is 116 cm³/mol. The minimum atomic E-state index is -2.89. The van der Waals surface area contributed by atoms with E-state index in [1.165, 1.54) is 0 Å². The third kappa shape index (κ3) is 10.6. The second-order valence-electron chi connectivity index (χ2n) is 6.24. The Kier molecular flexibility index (Phi) is 11.0. The van der Waals surface area contributed by atoms with Crippen LogP contribution in [-0.4, -0.2) is 24.8 Å². The van der Waals surface area contributed by atoms with Gasteiger partial charge in [-0.2, -0.15) is 0 Å². The number of carbonyl (C=O) groups is 2. The van der Waals surface area contributed by atoms with Gasteiger partial charge < -0.3 is 9.05 Å². The molecule has 0 aliphatic carbocycles. The molecule has 0 radical (unpaired) electrons. The maximum atomic E-state index is 11.7. The van der Waals surface area contributed by atoms with Crippen LogP contribution in [0.25, 0.3) is 0 Å². The van der Waals surface area contributed by atoms with Crippen molar-refractivity contribution in [2.75, 3.05) is 13.2 Å². The standard InChI is InChI=1S/C24H23O5P/c25-23(17-9-7-15-21-11-3-1-4-12-21)19-28-30(27)29-20-24(26)18-10-8-16-22-13-5-2-6-14-22/h1-6,11-14,30H,9-10,17-20H2. The van der Waals surface area contributed by atoms with E-state index >= 15 is 0 Å². The maximum absolute atomic E-state index is 11.7. The predicted octanol–water partition coefficient (Wildman–Crippen LogP) is 4.21. The average Bonchev–Trinajstić information content (AvgIpc) is 2.78. The second kappa shape index (κ2) is 14.1. The molecule has 2 aromatic rings.